The molecular weight excluding hydrogens is 418 g/mol. The number of hydrogen-bond donors (Lipinski definition) is 2. The van der Waals surface area contributed by atoms with Crippen LogP contribution in [0.5, 0.6) is 0 Å². The van der Waals surface area contributed by atoms with E-state index in [1.807, 2.05) is 0 Å². The smallest absolute Gasteiger partial charge is 0.265 e. The van der Waals surface area contributed by atoms with Crippen LogP contribution in [0.2, 0.25) is 0 Å². The highest BCUT2D eigenvalue weighted by atomic mass is 32.2. The summed E-state index contributed by atoms with van der Waals surface area (Å²) >= 11 is -2.86. The lowest BCUT2D eigenvalue weighted by Crippen LogP contribution is -2.33. The summed E-state index contributed by atoms with van der Waals surface area (Å²) in [5, 5.41) is 0. The third kappa shape index (κ3) is 10.9. The Bertz CT molecular complexity index is 796. The highest BCUT2D eigenvalue weighted by Crippen LogP contribution is 2.15. The van der Waals surface area contributed by atoms with E-state index in [9.17, 15) is 16.8 Å². The number of aryl methyl sites for hydroxylation is 1. The van der Waals surface area contributed by atoms with Crippen LogP contribution in [0.3, 0.4) is 0 Å². The molecule has 1 aliphatic heterocycles. The van der Waals surface area contributed by atoms with E-state index in [1.54, 1.807) is 12.1 Å². The summed E-state index contributed by atoms with van der Waals surface area (Å²) in [6, 6.07) is 6.20. The average molecular weight is 443 g/mol. The number of sulfone groups is 1. The molecule has 1 atom stereocenters. The first-order chi connectivity index (χ1) is 12.5. The van der Waals surface area contributed by atoms with Crippen LogP contribution in [0.4, 0.5) is 0 Å². The van der Waals surface area contributed by atoms with Crippen molar-refractivity contribution in [3.8, 4) is 0 Å². The van der Waals surface area contributed by atoms with Crippen LogP contribution < -0.4 is 0 Å². The van der Waals surface area contributed by atoms with Crippen LogP contribution in [0.15, 0.2) is 29.2 Å². The molecule has 9 nitrogen and oxygen atoms in total. The fourth-order valence-corrected chi connectivity index (χ4v) is 4.44. The Balaban J connectivity index is 0.000000828. The third-order valence-corrected chi connectivity index (χ3v) is 6.49. The number of rotatable bonds is 7. The molecule has 0 spiro atoms. The summed E-state index contributed by atoms with van der Waals surface area (Å²) in [6.07, 6.45) is 3.63. The van der Waals surface area contributed by atoms with E-state index in [0.29, 0.717) is 12.1 Å². The summed E-state index contributed by atoms with van der Waals surface area (Å²) in [5.41, 5.74) is 0.678. The van der Waals surface area contributed by atoms with E-state index in [4.69, 9.17) is 17.9 Å². The minimum atomic E-state index is -4.01. The summed E-state index contributed by atoms with van der Waals surface area (Å²) in [7, 11) is -7.33. The Hall–Kier alpha value is -0.890. The number of hydrogen-bond acceptors (Lipinski definition) is 7. The maximum absolute atomic E-state index is 12.3. The number of likely N-dealkylation sites (tertiary alicyclic amines) is 1. The van der Waals surface area contributed by atoms with Gasteiger partial charge >= 0.3 is 0 Å². The molecule has 1 saturated heterocycles. The molecule has 0 radical (unpaired) electrons. The summed E-state index contributed by atoms with van der Waals surface area (Å²) < 4.78 is 78.9. The first-order valence-corrected chi connectivity index (χ1v) is 12.6. The van der Waals surface area contributed by atoms with Crippen molar-refractivity contribution in [2.24, 2.45) is 0 Å². The molecular formula is C15H24NO8S3-. The van der Waals surface area contributed by atoms with Gasteiger partial charge in [-0.2, -0.15) is 8.42 Å². The molecule has 1 aromatic carbocycles. The molecule has 27 heavy (non-hydrogen) atoms. The van der Waals surface area contributed by atoms with Crippen LogP contribution in [0.25, 0.3) is 0 Å². The highest BCUT2D eigenvalue weighted by Gasteiger charge is 2.18. The van der Waals surface area contributed by atoms with E-state index in [1.165, 1.54) is 18.6 Å². The van der Waals surface area contributed by atoms with Gasteiger partial charge in [0.25, 0.3) is 10.1 Å². The Morgan fingerprint density at radius 2 is 1.52 bits per heavy atom. The zero-order valence-corrected chi connectivity index (χ0v) is 17.1. The molecule has 156 valence electrons. The molecule has 0 amide bonds. The monoisotopic (exact) mass is 442 g/mol. The molecule has 1 unspecified atom stereocenters. The minimum absolute atomic E-state index is 0.0946. The fourth-order valence-electron chi connectivity index (χ4n) is 2.66. The normalized spacial score (nSPS) is 17.0. The van der Waals surface area contributed by atoms with Gasteiger partial charge < -0.3 is 14.0 Å². The van der Waals surface area contributed by atoms with E-state index >= 15 is 0 Å². The lowest BCUT2D eigenvalue weighted by Gasteiger charge is -2.26. The number of piperidine rings is 1. The Labute approximate surface area is 162 Å². The van der Waals surface area contributed by atoms with Crippen LogP contribution in [0.1, 0.15) is 24.8 Å². The topological polar surface area (TPSA) is 152 Å². The second-order valence-electron chi connectivity index (χ2n) is 6.12. The molecule has 2 N–H and O–H groups in total. The van der Waals surface area contributed by atoms with Gasteiger partial charge in [0.05, 0.1) is 27.8 Å². The van der Waals surface area contributed by atoms with Gasteiger partial charge in [-0.1, -0.05) is 18.6 Å². The van der Waals surface area contributed by atoms with Gasteiger partial charge in [-0.05, 0) is 50.0 Å². The zero-order valence-electron chi connectivity index (χ0n) is 14.7. The largest absolute Gasteiger partial charge is 0.750 e. The third-order valence-electron chi connectivity index (χ3n) is 4.06. The predicted octanol–water partition coefficient (Wildman–Crippen LogP) is 0.715. The standard InChI is InChI=1S/C15H23NO5S2.H2O3S/c17-22(18,13-11-16-9-2-1-3-10-16)15-6-4-14(5-7-15)8-12-23(19,20)21;1-4(2)3/h4-7H,1-3,8-13H2,(H,19,20,21);(H2,1,2,3)/p-1. The first-order valence-electron chi connectivity index (χ1n) is 8.27. The maximum atomic E-state index is 12.3. The molecule has 1 fully saturated rings. The van der Waals surface area contributed by atoms with E-state index in [0.717, 1.165) is 25.9 Å². The Kier molecular flexibility index (Phi) is 10.0. The van der Waals surface area contributed by atoms with Gasteiger partial charge in [-0.3, -0.25) is 4.55 Å². The van der Waals surface area contributed by atoms with Gasteiger partial charge in [0.2, 0.25) is 0 Å². The minimum Gasteiger partial charge on any atom is -0.750 e. The van der Waals surface area contributed by atoms with Crippen molar-refractivity contribution in [2.75, 3.05) is 31.1 Å². The maximum Gasteiger partial charge on any atom is 0.265 e. The van der Waals surface area contributed by atoms with Crippen LogP contribution in [0, 0.1) is 0 Å². The van der Waals surface area contributed by atoms with Crippen molar-refractivity contribution < 1.29 is 34.7 Å². The molecule has 0 saturated carbocycles. The molecule has 0 aromatic heterocycles. The van der Waals surface area contributed by atoms with Gasteiger partial charge in [0.1, 0.15) is 0 Å². The van der Waals surface area contributed by atoms with Gasteiger partial charge in [0.15, 0.2) is 9.84 Å². The van der Waals surface area contributed by atoms with Crippen molar-refractivity contribution in [1.82, 2.24) is 4.90 Å². The van der Waals surface area contributed by atoms with Crippen LogP contribution in [-0.4, -0.2) is 70.7 Å². The quantitative estimate of drug-likeness (QED) is 0.459. The molecule has 1 heterocycles. The molecule has 0 bridgehead atoms. The van der Waals surface area contributed by atoms with Crippen LogP contribution >= 0.6 is 0 Å². The molecule has 1 aliphatic rings. The van der Waals surface area contributed by atoms with Crippen molar-refractivity contribution in [2.45, 2.75) is 30.6 Å². The van der Waals surface area contributed by atoms with Crippen molar-refractivity contribution >= 4 is 31.3 Å². The Morgan fingerprint density at radius 1 is 1.00 bits per heavy atom. The lowest BCUT2D eigenvalue weighted by molar-refractivity contribution is 0.241. The molecule has 1 aromatic rings. The SMILES string of the molecule is O=S(=O)(O)CCc1ccc(S(=O)(=O)CCN2CCCCC2)cc1.O=S([O-])O. The van der Waals surface area contributed by atoms with E-state index in [-0.39, 0.29) is 22.8 Å². The predicted molar refractivity (Wildman–Crippen MR) is 100 cm³/mol. The fraction of sp³-hybridized carbons (Fsp3) is 0.600. The molecule has 0 aliphatic carbocycles. The van der Waals surface area contributed by atoms with Gasteiger partial charge in [-0.15, -0.1) is 0 Å². The van der Waals surface area contributed by atoms with Crippen LogP contribution in [-0.2, 0) is 37.7 Å². The molecule has 2 rings (SSSR count). The number of benzene rings is 1. The number of nitrogens with zero attached hydrogens (tertiary/aromatic N) is 1. The second-order valence-corrected chi connectivity index (χ2v) is 10.2. The van der Waals surface area contributed by atoms with Gasteiger partial charge in [0, 0.05) is 6.54 Å². The van der Waals surface area contributed by atoms with Crippen molar-refractivity contribution in [3.63, 3.8) is 0 Å². The van der Waals surface area contributed by atoms with Gasteiger partial charge in [-0.25, -0.2) is 12.6 Å². The second kappa shape index (κ2) is 11.2. The Morgan fingerprint density at radius 3 is 2.00 bits per heavy atom. The first kappa shape index (κ1) is 24.1. The zero-order chi connectivity index (χ0) is 20.5. The summed E-state index contributed by atoms with van der Waals surface area (Å²) in [4.78, 5) is 2.44. The van der Waals surface area contributed by atoms with Crippen molar-refractivity contribution in [3.05, 3.63) is 29.8 Å². The van der Waals surface area contributed by atoms with Crippen molar-refractivity contribution in [1.29, 1.82) is 0 Å². The summed E-state index contributed by atoms with van der Waals surface area (Å²) in [5.74, 6) is -0.272. The lowest BCUT2D eigenvalue weighted by atomic mass is 10.1. The van der Waals surface area contributed by atoms with E-state index in [2.05, 4.69) is 4.90 Å². The average Bonchev–Trinajstić information content (AvgIpc) is 2.58. The molecule has 12 heteroatoms. The highest BCUT2D eigenvalue weighted by molar-refractivity contribution is 7.91. The summed E-state index contributed by atoms with van der Waals surface area (Å²) in [6.45, 7) is 2.47. The van der Waals surface area contributed by atoms with E-state index < -0.39 is 31.3 Å².